The molecule has 18 heavy (non-hydrogen) atoms. The summed E-state index contributed by atoms with van der Waals surface area (Å²) in [5, 5.41) is -0.420. The number of sulfone groups is 1. The molecule has 0 atom stereocenters. The molecule has 0 spiro atoms. The van der Waals surface area contributed by atoms with Gasteiger partial charge in [-0.15, -0.1) is 0 Å². The van der Waals surface area contributed by atoms with E-state index in [1.807, 2.05) is 0 Å². The van der Waals surface area contributed by atoms with Gasteiger partial charge in [-0.3, -0.25) is 0 Å². The van der Waals surface area contributed by atoms with E-state index in [4.69, 9.17) is 9.57 Å². The normalized spacial score (nSPS) is 16.6. The van der Waals surface area contributed by atoms with Gasteiger partial charge in [0, 0.05) is 11.0 Å². The fourth-order valence-corrected chi connectivity index (χ4v) is 4.21. The van der Waals surface area contributed by atoms with E-state index in [1.54, 1.807) is 18.2 Å². The fraction of sp³-hybridized carbons (Fsp3) is 0.455. The highest BCUT2D eigenvalue weighted by Crippen LogP contribution is 2.29. The molecule has 0 radical (unpaired) electrons. The van der Waals surface area contributed by atoms with E-state index in [9.17, 15) is 8.42 Å². The maximum Gasteiger partial charge on any atom is 0.186 e. The highest BCUT2D eigenvalue weighted by molar-refractivity contribution is 9.10. The van der Waals surface area contributed by atoms with Gasteiger partial charge in [-0.05, 0) is 33.6 Å². The van der Waals surface area contributed by atoms with Gasteiger partial charge in [-0.2, -0.15) is 5.48 Å². The van der Waals surface area contributed by atoms with Gasteiger partial charge in [-0.25, -0.2) is 8.42 Å². The first-order valence-electron chi connectivity index (χ1n) is 5.41. The third-order valence-electron chi connectivity index (χ3n) is 2.77. The maximum absolute atomic E-state index is 12.2. The molecule has 1 aliphatic rings. The van der Waals surface area contributed by atoms with E-state index in [-0.39, 0.29) is 13.2 Å². The minimum absolute atomic E-state index is 0.280. The topological polar surface area (TPSA) is 64.6 Å². The van der Waals surface area contributed by atoms with Crippen LogP contribution in [0.4, 0.5) is 0 Å². The van der Waals surface area contributed by atoms with Gasteiger partial charge >= 0.3 is 0 Å². The van der Waals surface area contributed by atoms with Crippen LogP contribution in [0.5, 0.6) is 0 Å². The molecule has 0 aromatic heterocycles. The Kier molecular flexibility index (Phi) is 4.39. The van der Waals surface area contributed by atoms with Gasteiger partial charge in [0.1, 0.15) is 5.25 Å². The largest absolute Gasteiger partial charge is 0.379 e. The standard InChI is InChI=1S/C11H14BrNO4S/c1-16-13-5-8-2-3-11(10(12)4-8)18(14,15)9-6-17-7-9/h2-4,9,13H,5-7H2,1H3. The molecular formula is C11H14BrNO4S. The van der Waals surface area contributed by atoms with Crippen LogP contribution in [0.25, 0.3) is 0 Å². The number of benzene rings is 1. The zero-order chi connectivity index (χ0) is 13.2. The van der Waals surface area contributed by atoms with Crippen LogP contribution in [0.3, 0.4) is 0 Å². The van der Waals surface area contributed by atoms with Crippen LogP contribution in [0.15, 0.2) is 27.6 Å². The summed E-state index contributed by atoms with van der Waals surface area (Å²) in [6, 6.07) is 5.16. The SMILES string of the molecule is CONCc1ccc(S(=O)(=O)C2COC2)c(Br)c1. The first-order valence-corrected chi connectivity index (χ1v) is 7.75. The minimum atomic E-state index is -3.29. The average Bonchev–Trinajstić information content (AvgIpc) is 2.22. The molecule has 1 fully saturated rings. The molecule has 1 aromatic rings. The third kappa shape index (κ3) is 2.75. The van der Waals surface area contributed by atoms with Gasteiger partial charge in [0.25, 0.3) is 0 Å². The molecule has 2 rings (SSSR count). The first kappa shape index (κ1) is 14.0. The zero-order valence-corrected chi connectivity index (χ0v) is 12.3. The Labute approximate surface area is 114 Å². The molecule has 1 aromatic carbocycles. The lowest BCUT2D eigenvalue weighted by Crippen LogP contribution is -2.40. The molecule has 0 saturated carbocycles. The summed E-state index contributed by atoms with van der Waals surface area (Å²) in [6.07, 6.45) is 0. The lowest BCUT2D eigenvalue weighted by atomic mass is 10.2. The van der Waals surface area contributed by atoms with Crippen LogP contribution >= 0.6 is 15.9 Å². The van der Waals surface area contributed by atoms with Crippen LogP contribution in [0, 0.1) is 0 Å². The number of ether oxygens (including phenoxy) is 1. The summed E-state index contributed by atoms with van der Waals surface area (Å²) >= 11 is 3.31. The molecule has 0 aliphatic carbocycles. The van der Waals surface area contributed by atoms with Crippen LogP contribution in [-0.2, 0) is 26.0 Å². The van der Waals surface area contributed by atoms with Crippen molar-refractivity contribution in [1.29, 1.82) is 0 Å². The molecule has 1 heterocycles. The number of hydrogen-bond donors (Lipinski definition) is 1. The molecule has 1 saturated heterocycles. The molecule has 100 valence electrons. The lowest BCUT2D eigenvalue weighted by Gasteiger charge is -2.26. The molecule has 1 aliphatic heterocycles. The van der Waals surface area contributed by atoms with Gasteiger partial charge in [0.15, 0.2) is 9.84 Å². The third-order valence-corrected chi connectivity index (χ3v) is 5.81. The monoisotopic (exact) mass is 335 g/mol. The van der Waals surface area contributed by atoms with Gasteiger partial charge in [0.2, 0.25) is 0 Å². The quantitative estimate of drug-likeness (QED) is 0.821. The highest BCUT2D eigenvalue weighted by Gasteiger charge is 2.35. The van der Waals surface area contributed by atoms with Crippen LogP contribution in [-0.4, -0.2) is 34.0 Å². The van der Waals surface area contributed by atoms with Crippen molar-refractivity contribution in [3.05, 3.63) is 28.2 Å². The molecule has 0 amide bonds. The lowest BCUT2D eigenvalue weighted by molar-refractivity contribution is 0.0416. The van der Waals surface area contributed by atoms with Crippen molar-refractivity contribution in [3.63, 3.8) is 0 Å². The Morgan fingerprint density at radius 3 is 2.72 bits per heavy atom. The minimum Gasteiger partial charge on any atom is -0.379 e. The first-order chi connectivity index (χ1) is 8.55. The second kappa shape index (κ2) is 5.66. The number of nitrogens with one attached hydrogen (secondary N) is 1. The Bertz CT molecular complexity index is 528. The Morgan fingerprint density at radius 1 is 1.50 bits per heavy atom. The maximum atomic E-state index is 12.2. The predicted octanol–water partition coefficient (Wildman–Crippen LogP) is 1.27. The van der Waals surface area contributed by atoms with E-state index < -0.39 is 15.1 Å². The zero-order valence-electron chi connectivity index (χ0n) is 9.85. The summed E-state index contributed by atoms with van der Waals surface area (Å²) in [6.45, 7) is 1.07. The van der Waals surface area contributed by atoms with Crippen molar-refractivity contribution in [3.8, 4) is 0 Å². The van der Waals surface area contributed by atoms with E-state index >= 15 is 0 Å². The van der Waals surface area contributed by atoms with E-state index in [0.29, 0.717) is 15.9 Å². The van der Waals surface area contributed by atoms with Crippen LogP contribution in [0.2, 0.25) is 0 Å². The second-order valence-corrected chi connectivity index (χ2v) is 7.05. The summed E-state index contributed by atoms with van der Waals surface area (Å²) < 4.78 is 29.9. The van der Waals surface area contributed by atoms with Gasteiger partial charge < -0.3 is 9.57 Å². The number of hydroxylamine groups is 1. The van der Waals surface area contributed by atoms with Crippen molar-refractivity contribution in [1.82, 2.24) is 5.48 Å². The second-order valence-electron chi connectivity index (χ2n) is 3.99. The number of halogens is 1. The van der Waals surface area contributed by atoms with Crippen LogP contribution in [0.1, 0.15) is 5.56 Å². The van der Waals surface area contributed by atoms with Gasteiger partial charge in [0.05, 0.1) is 25.2 Å². The van der Waals surface area contributed by atoms with Crippen molar-refractivity contribution in [2.45, 2.75) is 16.7 Å². The van der Waals surface area contributed by atoms with E-state index in [0.717, 1.165) is 5.56 Å². The summed E-state index contributed by atoms with van der Waals surface area (Å²) in [4.78, 5) is 5.06. The molecule has 1 N–H and O–H groups in total. The van der Waals surface area contributed by atoms with E-state index in [1.165, 1.54) is 7.11 Å². The van der Waals surface area contributed by atoms with Crippen molar-refractivity contribution in [2.75, 3.05) is 20.3 Å². The van der Waals surface area contributed by atoms with Crippen molar-refractivity contribution in [2.24, 2.45) is 0 Å². The fourth-order valence-electron chi connectivity index (χ4n) is 1.61. The Morgan fingerprint density at radius 2 is 2.22 bits per heavy atom. The van der Waals surface area contributed by atoms with Gasteiger partial charge in [-0.1, -0.05) is 6.07 Å². The number of rotatable bonds is 5. The molecule has 5 nitrogen and oxygen atoms in total. The van der Waals surface area contributed by atoms with Crippen LogP contribution < -0.4 is 5.48 Å². The average molecular weight is 336 g/mol. The molecule has 0 bridgehead atoms. The Hall–Kier alpha value is -0.470. The summed E-state index contributed by atoms with van der Waals surface area (Å²) in [5.74, 6) is 0. The molecule has 7 heteroatoms. The molecule has 0 unspecified atom stereocenters. The van der Waals surface area contributed by atoms with Crippen molar-refractivity contribution >= 4 is 25.8 Å². The number of hydrogen-bond acceptors (Lipinski definition) is 5. The van der Waals surface area contributed by atoms with Crippen molar-refractivity contribution < 1.29 is 18.0 Å². The smallest absolute Gasteiger partial charge is 0.186 e. The summed E-state index contributed by atoms with van der Waals surface area (Å²) in [5.41, 5.74) is 3.64. The summed E-state index contributed by atoms with van der Waals surface area (Å²) in [7, 11) is -1.76. The Balaban J connectivity index is 2.24. The highest BCUT2D eigenvalue weighted by atomic mass is 79.9. The predicted molar refractivity (Wildman–Crippen MR) is 69.8 cm³/mol. The van der Waals surface area contributed by atoms with E-state index in [2.05, 4.69) is 21.4 Å². The molecular weight excluding hydrogens is 322 g/mol.